The molecule has 3 heteroatoms. The monoisotopic (exact) mass is 215 g/mol. The van der Waals surface area contributed by atoms with Crippen molar-refractivity contribution in [1.82, 2.24) is 5.32 Å². The molecule has 3 nitrogen and oxygen atoms in total. The van der Waals surface area contributed by atoms with Crippen molar-refractivity contribution >= 4 is 5.97 Å². The predicted molar refractivity (Wildman–Crippen MR) is 63.0 cm³/mol. The summed E-state index contributed by atoms with van der Waals surface area (Å²) in [6.45, 7) is 7.51. The van der Waals surface area contributed by atoms with Gasteiger partial charge in [-0.2, -0.15) is 0 Å². The highest BCUT2D eigenvalue weighted by Crippen LogP contribution is 2.09. The minimum absolute atomic E-state index is 0.297. The molecule has 0 aromatic rings. The Bertz CT molecular complexity index is 171. The second kappa shape index (κ2) is 8.72. The van der Waals surface area contributed by atoms with E-state index in [1.54, 1.807) is 0 Å². The molecular weight excluding hydrogens is 190 g/mol. The van der Waals surface area contributed by atoms with Crippen LogP contribution in [-0.4, -0.2) is 23.7 Å². The Morgan fingerprint density at radius 3 is 2.47 bits per heavy atom. The lowest BCUT2D eigenvalue weighted by atomic mass is 10.0. The zero-order valence-corrected chi connectivity index (χ0v) is 10.3. The summed E-state index contributed by atoms with van der Waals surface area (Å²) in [6.07, 6.45) is 4.58. The van der Waals surface area contributed by atoms with Crippen molar-refractivity contribution < 1.29 is 9.90 Å². The van der Waals surface area contributed by atoms with Crippen molar-refractivity contribution in [1.29, 1.82) is 0 Å². The molecule has 15 heavy (non-hydrogen) atoms. The number of rotatable bonds is 9. The van der Waals surface area contributed by atoms with Crippen molar-refractivity contribution in [3.05, 3.63) is 0 Å². The summed E-state index contributed by atoms with van der Waals surface area (Å²) in [7, 11) is 0. The average molecular weight is 215 g/mol. The molecule has 0 bridgehead atoms. The first kappa shape index (κ1) is 14.4. The molecule has 0 aliphatic rings. The molecule has 2 unspecified atom stereocenters. The minimum Gasteiger partial charge on any atom is -0.481 e. The number of aliphatic carboxylic acids is 1. The van der Waals surface area contributed by atoms with Gasteiger partial charge >= 0.3 is 5.97 Å². The highest BCUT2D eigenvalue weighted by molar-refractivity contribution is 5.66. The summed E-state index contributed by atoms with van der Waals surface area (Å²) in [4.78, 5) is 10.4. The summed E-state index contributed by atoms with van der Waals surface area (Å²) < 4.78 is 0. The maximum atomic E-state index is 10.4. The van der Waals surface area contributed by atoms with Gasteiger partial charge in [0.05, 0.1) is 0 Å². The maximum absolute atomic E-state index is 10.4. The van der Waals surface area contributed by atoms with E-state index in [0.717, 1.165) is 19.4 Å². The number of carbonyl (C=O) groups is 1. The van der Waals surface area contributed by atoms with Gasteiger partial charge in [-0.25, -0.2) is 0 Å². The third-order valence-corrected chi connectivity index (χ3v) is 2.70. The van der Waals surface area contributed by atoms with Gasteiger partial charge < -0.3 is 10.4 Å². The van der Waals surface area contributed by atoms with E-state index in [2.05, 4.69) is 26.1 Å². The van der Waals surface area contributed by atoms with Gasteiger partial charge in [-0.1, -0.05) is 20.3 Å². The van der Waals surface area contributed by atoms with Gasteiger partial charge in [-0.15, -0.1) is 0 Å². The van der Waals surface area contributed by atoms with Crippen LogP contribution in [0, 0.1) is 5.92 Å². The van der Waals surface area contributed by atoms with E-state index in [0.29, 0.717) is 18.4 Å². The lowest BCUT2D eigenvalue weighted by Crippen LogP contribution is -2.27. The van der Waals surface area contributed by atoms with Crippen molar-refractivity contribution in [3.8, 4) is 0 Å². The summed E-state index contributed by atoms with van der Waals surface area (Å²) >= 11 is 0. The molecular formula is C12H25NO2. The van der Waals surface area contributed by atoms with Gasteiger partial charge in [0.1, 0.15) is 0 Å². The van der Waals surface area contributed by atoms with Crippen LogP contribution in [0.2, 0.25) is 0 Å². The Morgan fingerprint density at radius 1 is 1.27 bits per heavy atom. The molecule has 0 amide bonds. The van der Waals surface area contributed by atoms with Gasteiger partial charge in [0.2, 0.25) is 0 Å². The van der Waals surface area contributed by atoms with Gasteiger partial charge in [0.15, 0.2) is 0 Å². The molecule has 0 aromatic carbocycles. The zero-order valence-electron chi connectivity index (χ0n) is 10.3. The van der Waals surface area contributed by atoms with Crippen LogP contribution in [-0.2, 0) is 4.79 Å². The van der Waals surface area contributed by atoms with Crippen LogP contribution in [0.4, 0.5) is 0 Å². The van der Waals surface area contributed by atoms with Crippen LogP contribution in [0.3, 0.4) is 0 Å². The highest BCUT2D eigenvalue weighted by Gasteiger charge is 2.06. The van der Waals surface area contributed by atoms with Crippen LogP contribution in [0.25, 0.3) is 0 Å². The largest absolute Gasteiger partial charge is 0.481 e. The molecule has 0 rings (SSSR count). The molecule has 0 heterocycles. The molecule has 2 N–H and O–H groups in total. The van der Waals surface area contributed by atoms with Crippen molar-refractivity contribution in [2.24, 2.45) is 5.92 Å². The highest BCUT2D eigenvalue weighted by atomic mass is 16.4. The molecule has 0 radical (unpaired) electrons. The second-order valence-electron chi connectivity index (χ2n) is 4.47. The fraction of sp³-hybridized carbons (Fsp3) is 0.917. The van der Waals surface area contributed by atoms with E-state index in [4.69, 9.17) is 5.11 Å². The SMILES string of the molecule is CCCC(C)NCCC(C)CCC(=O)O. The summed E-state index contributed by atoms with van der Waals surface area (Å²) in [6, 6.07) is 0.585. The van der Waals surface area contributed by atoms with Gasteiger partial charge in [0, 0.05) is 12.5 Å². The Balaban J connectivity index is 3.37. The molecule has 0 fully saturated rings. The Kier molecular flexibility index (Phi) is 8.38. The van der Waals surface area contributed by atoms with Crippen LogP contribution < -0.4 is 5.32 Å². The summed E-state index contributed by atoms with van der Waals surface area (Å²) in [5.41, 5.74) is 0. The van der Waals surface area contributed by atoms with Crippen LogP contribution in [0.5, 0.6) is 0 Å². The average Bonchev–Trinajstić information content (AvgIpc) is 2.15. The van der Waals surface area contributed by atoms with Crippen molar-refractivity contribution in [2.45, 2.75) is 58.9 Å². The van der Waals surface area contributed by atoms with E-state index >= 15 is 0 Å². The molecule has 0 aromatic heterocycles. The molecule has 0 saturated heterocycles. The summed E-state index contributed by atoms with van der Waals surface area (Å²) in [5, 5.41) is 12.0. The number of hydrogen-bond donors (Lipinski definition) is 2. The standard InChI is InChI=1S/C12H25NO2/c1-4-5-11(3)13-9-8-10(2)6-7-12(14)15/h10-11,13H,4-9H2,1-3H3,(H,14,15). The van der Waals surface area contributed by atoms with Gasteiger partial charge in [-0.3, -0.25) is 4.79 Å². The Morgan fingerprint density at radius 2 is 1.93 bits per heavy atom. The van der Waals surface area contributed by atoms with E-state index in [9.17, 15) is 4.79 Å². The first-order valence-electron chi connectivity index (χ1n) is 6.01. The third-order valence-electron chi connectivity index (χ3n) is 2.70. The number of hydrogen-bond acceptors (Lipinski definition) is 2. The quantitative estimate of drug-likeness (QED) is 0.621. The second-order valence-corrected chi connectivity index (χ2v) is 4.47. The molecule has 0 saturated carbocycles. The van der Waals surface area contributed by atoms with E-state index in [-0.39, 0.29) is 0 Å². The number of carboxylic acids is 1. The van der Waals surface area contributed by atoms with Crippen molar-refractivity contribution in [2.75, 3.05) is 6.54 Å². The van der Waals surface area contributed by atoms with Gasteiger partial charge in [-0.05, 0) is 38.6 Å². The topological polar surface area (TPSA) is 49.3 Å². The summed E-state index contributed by atoms with van der Waals surface area (Å²) in [5.74, 6) is -0.184. The lowest BCUT2D eigenvalue weighted by molar-refractivity contribution is -0.137. The van der Waals surface area contributed by atoms with E-state index < -0.39 is 5.97 Å². The van der Waals surface area contributed by atoms with Crippen LogP contribution in [0.15, 0.2) is 0 Å². The molecule has 0 spiro atoms. The lowest BCUT2D eigenvalue weighted by Gasteiger charge is -2.15. The third kappa shape index (κ3) is 9.73. The van der Waals surface area contributed by atoms with Gasteiger partial charge in [0.25, 0.3) is 0 Å². The maximum Gasteiger partial charge on any atom is 0.303 e. The minimum atomic E-state index is -0.686. The number of carboxylic acid groups (broad SMARTS) is 1. The number of nitrogens with one attached hydrogen (secondary N) is 1. The fourth-order valence-corrected chi connectivity index (χ4v) is 1.63. The predicted octanol–water partition coefficient (Wildman–Crippen LogP) is 2.66. The molecule has 2 atom stereocenters. The smallest absolute Gasteiger partial charge is 0.303 e. The first-order valence-corrected chi connectivity index (χ1v) is 6.01. The first-order chi connectivity index (χ1) is 7.06. The van der Waals surface area contributed by atoms with E-state index in [1.807, 2.05) is 0 Å². The Hall–Kier alpha value is -0.570. The molecule has 90 valence electrons. The van der Waals surface area contributed by atoms with Crippen LogP contribution in [0.1, 0.15) is 52.9 Å². The van der Waals surface area contributed by atoms with E-state index in [1.165, 1.54) is 12.8 Å². The molecule has 0 aliphatic carbocycles. The van der Waals surface area contributed by atoms with Crippen LogP contribution >= 0.6 is 0 Å². The fourth-order valence-electron chi connectivity index (χ4n) is 1.63. The normalized spacial score (nSPS) is 14.9. The zero-order chi connectivity index (χ0) is 11.7. The molecule has 0 aliphatic heterocycles. The Labute approximate surface area is 93.3 Å². The van der Waals surface area contributed by atoms with Crippen molar-refractivity contribution in [3.63, 3.8) is 0 Å².